The van der Waals surface area contributed by atoms with E-state index in [0.717, 1.165) is 18.8 Å². The zero-order chi connectivity index (χ0) is 12.7. The van der Waals surface area contributed by atoms with Crippen molar-refractivity contribution in [1.82, 2.24) is 24.9 Å². The fourth-order valence-electron chi connectivity index (χ4n) is 2.19. The van der Waals surface area contributed by atoms with Gasteiger partial charge in [0.25, 0.3) is 11.3 Å². The van der Waals surface area contributed by atoms with Crippen LogP contribution in [0.2, 0.25) is 0 Å². The second-order valence-corrected chi connectivity index (χ2v) is 4.89. The molecule has 0 bridgehead atoms. The largest absolute Gasteiger partial charge is 0.351 e. The third-order valence-corrected chi connectivity index (χ3v) is 3.38. The molecule has 7 nitrogen and oxygen atoms in total. The number of H-pyrrole nitrogens is 1. The van der Waals surface area contributed by atoms with E-state index in [1.165, 1.54) is 4.52 Å². The minimum Gasteiger partial charge on any atom is -0.351 e. The van der Waals surface area contributed by atoms with Crippen molar-refractivity contribution in [3.05, 3.63) is 20.8 Å². The molecule has 2 aromatic rings. The van der Waals surface area contributed by atoms with E-state index in [2.05, 4.69) is 36.3 Å². The molecule has 0 aromatic carbocycles. The summed E-state index contributed by atoms with van der Waals surface area (Å²) in [5.41, 5.74) is 1.36. The summed E-state index contributed by atoms with van der Waals surface area (Å²) in [6.07, 6.45) is 0.710. The molecule has 96 valence electrons. The Morgan fingerprint density at radius 3 is 2.94 bits per heavy atom. The van der Waals surface area contributed by atoms with Crippen molar-refractivity contribution < 1.29 is 0 Å². The van der Waals surface area contributed by atoms with Gasteiger partial charge in [-0.05, 0) is 22.4 Å². The molecule has 2 N–H and O–H groups in total. The van der Waals surface area contributed by atoms with Gasteiger partial charge in [0.05, 0.1) is 12.4 Å². The van der Waals surface area contributed by atoms with Crippen LogP contribution in [0.1, 0.15) is 12.6 Å². The van der Waals surface area contributed by atoms with E-state index in [9.17, 15) is 4.79 Å². The Bertz CT molecular complexity index is 642. The number of aryl methyl sites for hydroxylation is 1. The number of nitrogens with one attached hydrogen (secondary N) is 2. The maximum atomic E-state index is 12.5. The van der Waals surface area contributed by atoms with Crippen LogP contribution in [0.4, 0.5) is 5.69 Å². The van der Waals surface area contributed by atoms with Gasteiger partial charge in [0, 0.05) is 13.1 Å². The number of halogens is 1. The molecule has 8 heteroatoms. The normalized spacial score (nSPS) is 15.8. The summed E-state index contributed by atoms with van der Waals surface area (Å²) >= 11 is 3.22. The van der Waals surface area contributed by atoms with Gasteiger partial charge in [-0.25, -0.2) is 4.98 Å². The van der Waals surface area contributed by atoms with Gasteiger partial charge in [-0.15, -0.1) is 0 Å². The van der Waals surface area contributed by atoms with Crippen LogP contribution >= 0.6 is 15.9 Å². The minimum atomic E-state index is -0.0984. The Morgan fingerprint density at radius 1 is 1.44 bits per heavy atom. The molecule has 3 rings (SSSR count). The SMILES string of the molecule is CCc1nc2nc(Br)[nH]n2c(=O)c1N1CCNC1. The maximum absolute atomic E-state index is 12.5. The van der Waals surface area contributed by atoms with Gasteiger partial charge in [0.2, 0.25) is 0 Å². The quantitative estimate of drug-likeness (QED) is 0.823. The van der Waals surface area contributed by atoms with Gasteiger partial charge in [-0.2, -0.15) is 9.50 Å². The van der Waals surface area contributed by atoms with Crippen molar-refractivity contribution in [1.29, 1.82) is 0 Å². The third kappa shape index (κ3) is 1.72. The zero-order valence-electron chi connectivity index (χ0n) is 9.90. The molecule has 1 aliphatic heterocycles. The lowest BCUT2D eigenvalue weighted by atomic mass is 10.2. The Kier molecular flexibility index (Phi) is 2.83. The fourth-order valence-corrected chi connectivity index (χ4v) is 2.52. The zero-order valence-corrected chi connectivity index (χ0v) is 11.5. The Labute approximate surface area is 111 Å². The van der Waals surface area contributed by atoms with Crippen LogP contribution in [0, 0.1) is 0 Å². The summed E-state index contributed by atoms with van der Waals surface area (Å²) in [6.45, 7) is 4.39. The monoisotopic (exact) mass is 312 g/mol. The number of hydrogen-bond acceptors (Lipinski definition) is 5. The molecule has 1 fully saturated rings. The van der Waals surface area contributed by atoms with E-state index in [0.29, 0.717) is 29.3 Å². The van der Waals surface area contributed by atoms with Crippen LogP contribution in [-0.2, 0) is 6.42 Å². The Hall–Kier alpha value is -1.41. The molecule has 3 heterocycles. The first kappa shape index (κ1) is 11.7. The fraction of sp³-hybridized carbons (Fsp3) is 0.500. The van der Waals surface area contributed by atoms with Gasteiger partial charge in [-0.3, -0.25) is 15.2 Å². The first-order chi connectivity index (χ1) is 8.70. The number of aromatic amines is 1. The molecule has 0 saturated carbocycles. The van der Waals surface area contributed by atoms with E-state index in [-0.39, 0.29) is 5.56 Å². The van der Waals surface area contributed by atoms with E-state index in [1.807, 2.05) is 11.8 Å². The van der Waals surface area contributed by atoms with Crippen LogP contribution in [0.15, 0.2) is 9.53 Å². The summed E-state index contributed by atoms with van der Waals surface area (Å²) < 4.78 is 1.88. The molecule has 0 aliphatic carbocycles. The number of fused-ring (bicyclic) bond motifs is 1. The highest BCUT2D eigenvalue weighted by atomic mass is 79.9. The number of anilines is 1. The number of rotatable bonds is 2. The molecular formula is C10H13BrN6O. The Morgan fingerprint density at radius 2 is 2.28 bits per heavy atom. The standard InChI is InChI=1S/C10H13BrN6O/c1-2-6-7(16-4-3-12-5-16)8(18)17-10(13-6)14-9(11)15-17/h12H,2-5H2,1H3,(H,13,14,15). The van der Waals surface area contributed by atoms with E-state index in [1.54, 1.807) is 0 Å². The van der Waals surface area contributed by atoms with Crippen LogP contribution in [0.5, 0.6) is 0 Å². The summed E-state index contributed by atoms with van der Waals surface area (Å²) in [5, 5.41) is 6.06. The van der Waals surface area contributed by atoms with Crippen molar-refractivity contribution in [2.24, 2.45) is 0 Å². The second kappa shape index (κ2) is 4.36. The van der Waals surface area contributed by atoms with Crippen molar-refractivity contribution >= 4 is 27.4 Å². The highest BCUT2D eigenvalue weighted by molar-refractivity contribution is 9.10. The minimum absolute atomic E-state index is 0.0984. The summed E-state index contributed by atoms with van der Waals surface area (Å²) in [7, 11) is 0. The molecule has 0 amide bonds. The second-order valence-electron chi connectivity index (χ2n) is 4.14. The summed E-state index contributed by atoms with van der Waals surface area (Å²) in [6, 6.07) is 0. The van der Waals surface area contributed by atoms with E-state index >= 15 is 0 Å². The van der Waals surface area contributed by atoms with E-state index < -0.39 is 0 Å². The third-order valence-electron chi connectivity index (χ3n) is 3.03. The highest BCUT2D eigenvalue weighted by Gasteiger charge is 2.21. The van der Waals surface area contributed by atoms with Crippen LogP contribution in [-0.4, -0.2) is 39.3 Å². The van der Waals surface area contributed by atoms with E-state index in [4.69, 9.17) is 0 Å². The van der Waals surface area contributed by atoms with Crippen LogP contribution in [0.3, 0.4) is 0 Å². The van der Waals surface area contributed by atoms with Crippen molar-refractivity contribution in [2.75, 3.05) is 24.7 Å². The summed E-state index contributed by atoms with van der Waals surface area (Å²) in [4.78, 5) is 23.1. The van der Waals surface area contributed by atoms with Crippen molar-refractivity contribution in [2.45, 2.75) is 13.3 Å². The highest BCUT2D eigenvalue weighted by Crippen LogP contribution is 2.16. The molecule has 0 spiro atoms. The average Bonchev–Trinajstić information content (AvgIpc) is 2.97. The van der Waals surface area contributed by atoms with Crippen molar-refractivity contribution in [3.63, 3.8) is 0 Å². The number of hydrogen-bond donors (Lipinski definition) is 2. The summed E-state index contributed by atoms with van der Waals surface area (Å²) in [5.74, 6) is 0.402. The predicted molar refractivity (Wildman–Crippen MR) is 70.9 cm³/mol. The lowest BCUT2D eigenvalue weighted by molar-refractivity contribution is 0.817. The molecule has 1 saturated heterocycles. The molecular weight excluding hydrogens is 300 g/mol. The maximum Gasteiger partial charge on any atom is 0.297 e. The number of aromatic nitrogens is 4. The van der Waals surface area contributed by atoms with Gasteiger partial charge >= 0.3 is 0 Å². The Balaban J connectivity index is 2.27. The van der Waals surface area contributed by atoms with Gasteiger partial charge in [0.15, 0.2) is 4.73 Å². The topological polar surface area (TPSA) is 78.3 Å². The number of nitrogens with zero attached hydrogens (tertiary/aromatic N) is 4. The molecule has 0 unspecified atom stereocenters. The van der Waals surface area contributed by atoms with Gasteiger partial charge in [0.1, 0.15) is 5.69 Å². The molecule has 0 radical (unpaired) electrons. The van der Waals surface area contributed by atoms with Crippen LogP contribution in [0.25, 0.3) is 5.78 Å². The van der Waals surface area contributed by atoms with Crippen molar-refractivity contribution in [3.8, 4) is 0 Å². The lowest BCUT2D eigenvalue weighted by Gasteiger charge is -2.18. The molecule has 18 heavy (non-hydrogen) atoms. The molecule has 2 aromatic heterocycles. The van der Waals surface area contributed by atoms with Gasteiger partial charge in [-0.1, -0.05) is 6.92 Å². The first-order valence-corrected chi connectivity index (χ1v) is 6.63. The molecule has 1 aliphatic rings. The lowest BCUT2D eigenvalue weighted by Crippen LogP contribution is -2.32. The average molecular weight is 313 g/mol. The first-order valence-electron chi connectivity index (χ1n) is 5.83. The predicted octanol–water partition coefficient (Wildman–Crippen LogP) is 0.110. The van der Waals surface area contributed by atoms with Crippen LogP contribution < -0.4 is 15.8 Å². The molecule has 0 atom stereocenters. The van der Waals surface area contributed by atoms with Gasteiger partial charge < -0.3 is 4.90 Å². The smallest absolute Gasteiger partial charge is 0.297 e.